The zero-order chi connectivity index (χ0) is 13.3. The summed E-state index contributed by atoms with van der Waals surface area (Å²) in [7, 11) is -3.34. The quantitative estimate of drug-likeness (QED) is 0.765. The van der Waals surface area contributed by atoms with E-state index in [0.29, 0.717) is 12.8 Å². The van der Waals surface area contributed by atoms with Crippen molar-refractivity contribution in [3.8, 4) is 0 Å². The number of hydrogen-bond acceptors (Lipinski definition) is 3. The molecule has 0 spiro atoms. The van der Waals surface area contributed by atoms with Crippen molar-refractivity contribution in [2.75, 3.05) is 5.75 Å². The first-order valence-electron chi connectivity index (χ1n) is 5.88. The highest BCUT2D eigenvalue weighted by molar-refractivity contribution is 7.89. The van der Waals surface area contributed by atoms with E-state index in [1.54, 1.807) is 0 Å². The Hall–Kier alpha value is -0.200. The van der Waals surface area contributed by atoms with Crippen LogP contribution in [-0.2, 0) is 10.0 Å². The summed E-state index contributed by atoms with van der Waals surface area (Å²) in [6.45, 7) is 5.69. The highest BCUT2D eigenvalue weighted by Crippen LogP contribution is 2.31. The minimum absolute atomic E-state index is 0.0877. The van der Waals surface area contributed by atoms with Gasteiger partial charge in [0.15, 0.2) is 0 Å². The minimum atomic E-state index is -3.34. The minimum Gasteiger partial charge on any atom is -0.392 e. The van der Waals surface area contributed by atoms with Crippen LogP contribution >= 0.6 is 12.2 Å². The molecule has 0 atom stereocenters. The van der Waals surface area contributed by atoms with E-state index < -0.39 is 15.6 Å². The van der Waals surface area contributed by atoms with Crippen LogP contribution in [0, 0.1) is 5.41 Å². The molecule has 1 aliphatic carbocycles. The summed E-state index contributed by atoms with van der Waals surface area (Å²) in [4.78, 5) is 0.271. The van der Waals surface area contributed by atoms with Gasteiger partial charge in [-0.25, -0.2) is 13.1 Å². The third kappa shape index (κ3) is 4.19. The summed E-state index contributed by atoms with van der Waals surface area (Å²) in [5.41, 5.74) is 4.75. The molecule has 1 aliphatic rings. The zero-order valence-electron chi connectivity index (χ0n) is 10.7. The molecule has 0 unspecified atom stereocenters. The molecular weight excluding hydrogens is 256 g/mol. The van der Waals surface area contributed by atoms with Crippen LogP contribution in [0.1, 0.15) is 46.5 Å². The average Bonchev–Trinajstić information content (AvgIpc) is 2.47. The van der Waals surface area contributed by atoms with Crippen LogP contribution in [-0.4, -0.2) is 24.7 Å². The van der Waals surface area contributed by atoms with Crippen LogP contribution < -0.4 is 10.5 Å². The van der Waals surface area contributed by atoms with Crippen molar-refractivity contribution in [1.82, 2.24) is 4.72 Å². The summed E-state index contributed by atoms with van der Waals surface area (Å²) >= 11 is 5.03. The first-order chi connectivity index (χ1) is 7.56. The number of hydrogen-bond donors (Lipinski definition) is 2. The van der Waals surface area contributed by atoms with Crippen LogP contribution in [0.15, 0.2) is 0 Å². The fraction of sp³-hybridized carbons (Fsp3) is 0.909. The number of sulfonamides is 1. The molecule has 0 radical (unpaired) electrons. The van der Waals surface area contributed by atoms with Gasteiger partial charge in [0.05, 0.1) is 16.3 Å². The zero-order valence-corrected chi connectivity index (χ0v) is 12.4. The van der Waals surface area contributed by atoms with E-state index in [0.717, 1.165) is 12.8 Å². The number of nitrogens with two attached hydrogens (primary N) is 1. The second-order valence-electron chi connectivity index (χ2n) is 6.08. The molecule has 100 valence electrons. The Kier molecular flexibility index (Phi) is 4.21. The molecule has 0 aromatic heterocycles. The molecule has 1 saturated carbocycles. The Balaban J connectivity index is 2.85. The molecular formula is C11H22N2O2S2. The molecule has 6 heteroatoms. The van der Waals surface area contributed by atoms with Crippen LogP contribution in [0.3, 0.4) is 0 Å². The van der Waals surface area contributed by atoms with Gasteiger partial charge in [0.2, 0.25) is 10.0 Å². The van der Waals surface area contributed by atoms with Gasteiger partial charge in [0.25, 0.3) is 0 Å². The van der Waals surface area contributed by atoms with Gasteiger partial charge in [-0.3, -0.25) is 0 Å². The van der Waals surface area contributed by atoms with Gasteiger partial charge < -0.3 is 5.73 Å². The van der Waals surface area contributed by atoms with Crippen LogP contribution in [0.2, 0.25) is 0 Å². The Bertz CT molecular complexity index is 390. The fourth-order valence-electron chi connectivity index (χ4n) is 2.28. The van der Waals surface area contributed by atoms with Gasteiger partial charge in [-0.1, -0.05) is 45.8 Å². The van der Waals surface area contributed by atoms with Crippen molar-refractivity contribution in [1.29, 1.82) is 0 Å². The summed E-state index contributed by atoms with van der Waals surface area (Å²) < 4.78 is 26.9. The van der Waals surface area contributed by atoms with E-state index in [1.165, 1.54) is 0 Å². The molecule has 0 aliphatic heterocycles. The van der Waals surface area contributed by atoms with E-state index in [-0.39, 0.29) is 16.2 Å². The monoisotopic (exact) mass is 278 g/mol. The first kappa shape index (κ1) is 14.9. The number of nitrogens with one attached hydrogen (secondary N) is 1. The van der Waals surface area contributed by atoms with Crippen molar-refractivity contribution in [2.45, 2.75) is 52.0 Å². The van der Waals surface area contributed by atoms with Crippen LogP contribution in [0.4, 0.5) is 0 Å². The molecule has 0 saturated heterocycles. The normalized spacial score (nSPS) is 20.4. The van der Waals surface area contributed by atoms with Crippen molar-refractivity contribution in [3.05, 3.63) is 0 Å². The van der Waals surface area contributed by atoms with E-state index in [9.17, 15) is 8.42 Å². The number of thiocarbonyl (C=S) groups is 1. The predicted molar refractivity (Wildman–Crippen MR) is 74.4 cm³/mol. The standard InChI is InChI=1S/C11H22N2O2S2/c1-10(2,3)8-17(14,15)13-11(9(12)16)6-4-5-7-11/h13H,4-8H2,1-3H3,(H2,12,16). The van der Waals surface area contributed by atoms with E-state index in [1.807, 2.05) is 20.8 Å². The van der Waals surface area contributed by atoms with Gasteiger partial charge in [-0.05, 0) is 18.3 Å². The Morgan fingerprint density at radius 3 is 2.18 bits per heavy atom. The maximum atomic E-state index is 12.1. The lowest BCUT2D eigenvalue weighted by molar-refractivity contribution is 0.445. The van der Waals surface area contributed by atoms with Gasteiger partial charge in [-0.2, -0.15) is 0 Å². The van der Waals surface area contributed by atoms with E-state index >= 15 is 0 Å². The highest BCUT2D eigenvalue weighted by Gasteiger charge is 2.40. The lowest BCUT2D eigenvalue weighted by atomic mass is 10.00. The Labute approximate surface area is 109 Å². The largest absolute Gasteiger partial charge is 0.392 e. The Morgan fingerprint density at radius 1 is 1.35 bits per heavy atom. The third-order valence-corrected chi connectivity index (χ3v) is 5.24. The van der Waals surface area contributed by atoms with E-state index in [2.05, 4.69) is 4.72 Å². The molecule has 0 bridgehead atoms. The summed E-state index contributed by atoms with van der Waals surface area (Å²) in [6, 6.07) is 0. The van der Waals surface area contributed by atoms with Crippen LogP contribution in [0.5, 0.6) is 0 Å². The lowest BCUT2D eigenvalue weighted by Gasteiger charge is -2.30. The maximum absolute atomic E-state index is 12.1. The third-order valence-electron chi connectivity index (χ3n) is 2.90. The smallest absolute Gasteiger partial charge is 0.213 e. The Morgan fingerprint density at radius 2 is 1.82 bits per heavy atom. The molecule has 0 heterocycles. The topological polar surface area (TPSA) is 72.2 Å². The molecule has 1 rings (SSSR count). The fourth-order valence-corrected chi connectivity index (χ4v) is 4.72. The molecule has 3 N–H and O–H groups in total. The second-order valence-corrected chi connectivity index (χ2v) is 8.24. The summed E-state index contributed by atoms with van der Waals surface area (Å²) in [5.74, 6) is 0.0877. The van der Waals surface area contributed by atoms with Crippen molar-refractivity contribution in [2.24, 2.45) is 11.1 Å². The lowest BCUT2D eigenvalue weighted by Crippen LogP contribution is -2.55. The first-order valence-corrected chi connectivity index (χ1v) is 7.94. The SMILES string of the molecule is CC(C)(C)CS(=O)(=O)NC1(C(N)=S)CCCC1. The van der Waals surface area contributed by atoms with E-state index in [4.69, 9.17) is 18.0 Å². The van der Waals surface area contributed by atoms with Crippen LogP contribution in [0.25, 0.3) is 0 Å². The summed E-state index contributed by atoms with van der Waals surface area (Å²) in [5, 5.41) is 0. The number of rotatable bonds is 4. The molecule has 0 aromatic carbocycles. The van der Waals surface area contributed by atoms with Crippen molar-refractivity contribution < 1.29 is 8.42 Å². The second kappa shape index (κ2) is 4.82. The van der Waals surface area contributed by atoms with Gasteiger partial charge in [0.1, 0.15) is 0 Å². The molecule has 4 nitrogen and oxygen atoms in total. The summed E-state index contributed by atoms with van der Waals surface area (Å²) in [6.07, 6.45) is 3.36. The predicted octanol–water partition coefficient (Wildman–Crippen LogP) is 1.55. The molecule has 17 heavy (non-hydrogen) atoms. The van der Waals surface area contributed by atoms with Gasteiger partial charge in [-0.15, -0.1) is 0 Å². The van der Waals surface area contributed by atoms with Crippen molar-refractivity contribution >= 4 is 27.2 Å². The molecule has 0 amide bonds. The van der Waals surface area contributed by atoms with Gasteiger partial charge >= 0.3 is 0 Å². The van der Waals surface area contributed by atoms with Crippen molar-refractivity contribution in [3.63, 3.8) is 0 Å². The molecule has 0 aromatic rings. The maximum Gasteiger partial charge on any atom is 0.213 e. The highest BCUT2D eigenvalue weighted by atomic mass is 32.2. The van der Waals surface area contributed by atoms with Gasteiger partial charge in [0, 0.05) is 0 Å². The average molecular weight is 278 g/mol. The molecule has 1 fully saturated rings.